The Hall–Kier alpha value is -1.13. The van der Waals surface area contributed by atoms with Crippen LogP contribution in [0.1, 0.15) is 181 Å². The van der Waals surface area contributed by atoms with Crippen molar-refractivity contribution in [1.82, 2.24) is 0 Å². The second-order valence-corrected chi connectivity index (χ2v) is 14.1. The van der Waals surface area contributed by atoms with Crippen LogP contribution in [0.3, 0.4) is 0 Å². The van der Waals surface area contributed by atoms with Gasteiger partial charge in [-0.25, -0.2) is 4.57 Å². The van der Waals surface area contributed by atoms with E-state index in [9.17, 15) is 24.4 Å². The molecule has 0 radical (unpaired) electrons. The lowest BCUT2D eigenvalue weighted by molar-refractivity contribution is -0.163. The van der Waals surface area contributed by atoms with Crippen molar-refractivity contribution in [3.63, 3.8) is 0 Å². The first-order valence-corrected chi connectivity index (χ1v) is 20.7. The van der Waals surface area contributed by atoms with Crippen LogP contribution in [-0.4, -0.2) is 63.7 Å². The number of ether oxygens (including phenoxy) is 1. The molecule has 6 N–H and O–H groups in total. The minimum absolute atomic E-state index is 0.107. The number of allylic oxidation sites excluding steroid dienone is 2. The molecular weight excluding hydrogens is 633 g/mol. The Kier molecular flexibility index (Phi) is 37.9. The van der Waals surface area contributed by atoms with Gasteiger partial charge in [0.05, 0.1) is 13.2 Å². The maximum Gasteiger partial charge on any atom is 0.469 e. The Morgan fingerprint density at radius 3 is 1.44 bits per heavy atom. The van der Waals surface area contributed by atoms with Crippen LogP contribution in [0.25, 0.3) is 0 Å². The van der Waals surface area contributed by atoms with E-state index < -0.39 is 32.6 Å². The van der Waals surface area contributed by atoms with Crippen LogP contribution in [0.15, 0.2) is 12.2 Å². The van der Waals surface area contributed by atoms with Gasteiger partial charge in [0.25, 0.3) is 0 Å². The fraction of sp³-hybridized carbons (Fsp3) is 0.892. The molecule has 0 rings (SSSR count). The van der Waals surface area contributed by atoms with Crippen molar-refractivity contribution >= 4 is 19.6 Å². The first kappa shape index (κ1) is 49.0. The maximum absolute atomic E-state index is 12.6. The first-order chi connectivity index (χ1) is 23.1. The Bertz CT molecular complexity index is 791. The van der Waals surface area contributed by atoms with Crippen LogP contribution >= 0.6 is 7.82 Å². The predicted molar refractivity (Wildman–Crippen MR) is 196 cm³/mol. The van der Waals surface area contributed by atoms with Crippen molar-refractivity contribution in [1.29, 1.82) is 0 Å². The molecule has 0 spiro atoms. The summed E-state index contributed by atoms with van der Waals surface area (Å²) >= 11 is 0. The largest absolute Gasteiger partial charge is 0.469 e. The van der Waals surface area contributed by atoms with Crippen molar-refractivity contribution in [2.45, 2.75) is 193 Å². The van der Waals surface area contributed by atoms with Crippen LogP contribution < -0.4 is 5.73 Å². The molecule has 0 aromatic heterocycles. The number of hydrogen-bond acceptors (Lipinski definition) is 8. The average molecular weight is 708 g/mol. The van der Waals surface area contributed by atoms with Crippen molar-refractivity contribution < 1.29 is 43.4 Å². The second kappa shape index (κ2) is 37.1. The number of ketones is 1. The van der Waals surface area contributed by atoms with Gasteiger partial charge in [-0.3, -0.25) is 14.1 Å². The van der Waals surface area contributed by atoms with Crippen LogP contribution in [0.2, 0.25) is 0 Å². The Morgan fingerprint density at radius 2 is 1.06 bits per heavy atom. The standard InChI is InChI=1S/C35H66O5.C2H8NO4P/c1-3-5-7-9-11-13-15-16-17-18-20-22-24-26-28-30-34(39)40-35(33(38)31-36)32(37)29-27-25-23-21-19-14-12-10-8-6-4-2;3-1-2-7-8(4,5)6/h16-17,33,35-36,38H,3-15,18-31H2,1-2H3;1-3H2,(H2,4,5,6)/b17-16-;. The van der Waals surface area contributed by atoms with Gasteiger partial charge < -0.3 is 30.5 Å². The quantitative estimate of drug-likeness (QED) is 0.0188. The van der Waals surface area contributed by atoms with Gasteiger partial charge in [-0.2, -0.15) is 0 Å². The molecule has 2 atom stereocenters. The van der Waals surface area contributed by atoms with E-state index >= 15 is 0 Å². The van der Waals surface area contributed by atoms with Crippen molar-refractivity contribution in [3.05, 3.63) is 12.2 Å². The summed E-state index contributed by atoms with van der Waals surface area (Å²) in [6.45, 7) is 3.91. The van der Waals surface area contributed by atoms with E-state index in [2.05, 4.69) is 30.5 Å². The number of phosphoric ester groups is 1. The Balaban J connectivity index is 0. The molecule has 0 aliphatic rings. The summed E-state index contributed by atoms with van der Waals surface area (Å²) in [7, 11) is -4.26. The summed E-state index contributed by atoms with van der Waals surface area (Å²) in [6.07, 6.45) is 31.2. The monoisotopic (exact) mass is 708 g/mol. The SMILES string of the molecule is CCCCCCCC/C=C\CCCCCCCC(=O)OC(C(=O)CCCCCCCCCCCCC)C(O)CO.NCCOP(=O)(O)O. The lowest BCUT2D eigenvalue weighted by Gasteiger charge is -2.20. The number of carbonyl (C=O) groups excluding carboxylic acids is 2. The Labute approximate surface area is 293 Å². The van der Waals surface area contributed by atoms with Gasteiger partial charge >= 0.3 is 13.8 Å². The molecule has 0 saturated carbocycles. The molecule has 0 fully saturated rings. The Morgan fingerprint density at radius 1 is 0.667 bits per heavy atom. The van der Waals surface area contributed by atoms with E-state index in [1.807, 2.05) is 0 Å². The maximum atomic E-state index is 12.6. The van der Waals surface area contributed by atoms with Gasteiger partial charge in [-0.05, 0) is 38.5 Å². The summed E-state index contributed by atoms with van der Waals surface area (Å²) < 4.78 is 19.1. The highest BCUT2D eigenvalue weighted by molar-refractivity contribution is 7.46. The smallest absolute Gasteiger partial charge is 0.451 e. The van der Waals surface area contributed by atoms with Crippen LogP contribution in [0.4, 0.5) is 0 Å². The highest BCUT2D eigenvalue weighted by Crippen LogP contribution is 2.34. The van der Waals surface area contributed by atoms with Crippen molar-refractivity contribution in [2.24, 2.45) is 5.73 Å². The van der Waals surface area contributed by atoms with Gasteiger partial charge in [0, 0.05) is 19.4 Å². The zero-order valence-electron chi connectivity index (χ0n) is 30.7. The number of Topliss-reactive ketones (excluding diaryl/α,β-unsaturated/α-hetero) is 1. The zero-order valence-corrected chi connectivity index (χ0v) is 31.6. The third kappa shape index (κ3) is 37.7. The summed E-state index contributed by atoms with van der Waals surface area (Å²) in [4.78, 5) is 40.9. The lowest BCUT2D eigenvalue weighted by Crippen LogP contribution is -2.40. The molecule has 10 nitrogen and oxygen atoms in total. The molecular formula is C37H74NO9P. The van der Waals surface area contributed by atoms with Gasteiger partial charge in [0.1, 0.15) is 6.10 Å². The molecule has 286 valence electrons. The number of phosphoric acid groups is 1. The molecule has 0 heterocycles. The second-order valence-electron chi connectivity index (χ2n) is 12.9. The number of esters is 1. The molecule has 0 amide bonds. The van der Waals surface area contributed by atoms with E-state index in [-0.39, 0.29) is 31.8 Å². The third-order valence-corrected chi connectivity index (χ3v) is 8.68. The number of hydrogen-bond donors (Lipinski definition) is 5. The van der Waals surface area contributed by atoms with E-state index in [0.29, 0.717) is 0 Å². The number of rotatable bonds is 34. The average Bonchev–Trinajstić information content (AvgIpc) is 3.06. The molecule has 0 aromatic rings. The fourth-order valence-electron chi connectivity index (χ4n) is 5.27. The molecule has 0 aliphatic carbocycles. The van der Waals surface area contributed by atoms with Gasteiger partial charge in [-0.15, -0.1) is 0 Å². The van der Waals surface area contributed by atoms with Crippen molar-refractivity contribution in [2.75, 3.05) is 19.8 Å². The topological polar surface area (TPSA) is 177 Å². The predicted octanol–water partition coefficient (Wildman–Crippen LogP) is 8.61. The van der Waals surface area contributed by atoms with E-state index in [4.69, 9.17) is 20.3 Å². The number of carbonyl (C=O) groups is 2. The molecule has 0 aliphatic heterocycles. The molecule has 48 heavy (non-hydrogen) atoms. The number of aliphatic hydroxyl groups is 2. The van der Waals surface area contributed by atoms with E-state index in [1.54, 1.807) is 0 Å². The molecule has 2 unspecified atom stereocenters. The van der Waals surface area contributed by atoms with Crippen LogP contribution in [0, 0.1) is 0 Å². The molecule has 0 aromatic carbocycles. The summed E-state index contributed by atoms with van der Waals surface area (Å²) in [6, 6.07) is 0. The minimum atomic E-state index is -4.26. The van der Waals surface area contributed by atoms with Crippen LogP contribution in [-0.2, 0) is 23.4 Å². The normalized spacial score (nSPS) is 12.9. The zero-order chi connectivity index (χ0) is 36.1. The lowest BCUT2D eigenvalue weighted by atomic mass is 10.0. The van der Waals surface area contributed by atoms with Gasteiger partial charge in [-0.1, -0.05) is 142 Å². The number of unbranched alkanes of at least 4 members (excludes halogenated alkanes) is 21. The van der Waals surface area contributed by atoms with Crippen molar-refractivity contribution in [3.8, 4) is 0 Å². The van der Waals surface area contributed by atoms with Gasteiger partial charge in [0.2, 0.25) is 0 Å². The molecule has 0 bridgehead atoms. The fourth-order valence-corrected chi connectivity index (χ4v) is 5.62. The van der Waals surface area contributed by atoms with E-state index in [1.165, 1.54) is 103 Å². The molecule has 11 heteroatoms. The number of aliphatic hydroxyl groups excluding tert-OH is 2. The van der Waals surface area contributed by atoms with Crippen LogP contribution in [0.5, 0.6) is 0 Å². The highest BCUT2D eigenvalue weighted by Gasteiger charge is 2.29. The summed E-state index contributed by atoms with van der Waals surface area (Å²) in [5, 5.41) is 19.4. The molecule has 0 saturated heterocycles. The minimum Gasteiger partial charge on any atom is -0.451 e. The third-order valence-electron chi connectivity index (χ3n) is 8.16. The summed E-state index contributed by atoms with van der Waals surface area (Å²) in [5.74, 6) is -0.738. The van der Waals surface area contributed by atoms with E-state index in [0.717, 1.165) is 51.4 Å². The first-order valence-electron chi connectivity index (χ1n) is 19.2. The summed E-state index contributed by atoms with van der Waals surface area (Å²) in [5.41, 5.74) is 4.87. The van der Waals surface area contributed by atoms with Gasteiger partial charge in [0.15, 0.2) is 11.9 Å². The highest BCUT2D eigenvalue weighted by atomic mass is 31.2. The number of nitrogens with two attached hydrogens (primary N) is 1.